The van der Waals surface area contributed by atoms with Gasteiger partial charge >= 0.3 is 0 Å². The monoisotopic (exact) mass is 210 g/mol. The van der Waals surface area contributed by atoms with Gasteiger partial charge in [-0.2, -0.15) is 6.64 Å². The van der Waals surface area contributed by atoms with Crippen LogP contribution in [0.4, 0.5) is 0 Å². The third kappa shape index (κ3) is 4.79. The Labute approximate surface area is 76.2 Å². The van der Waals surface area contributed by atoms with Crippen LogP contribution in [0, 0.1) is 5.92 Å². The molecular formula is C5H11N2O3PS-2. The normalized spacial score (nSPS) is 14.8. The zero-order valence-electron chi connectivity index (χ0n) is 6.81. The number of carbonyl (C=O) groups is 1. The molecule has 12 heavy (non-hydrogen) atoms. The van der Waals surface area contributed by atoms with Gasteiger partial charge in [0.05, 0.1) is 6.04 Å². The minimum absolute atomic E-state index is 0.201. The van der Waals surface area contributed by atoms with E-state index in [1.807, 2.05) is 5.09 Å². The predicted octanol–water partition coefficient (Wildman–Crippen LogP) is -1.97. The molecule has 72 valence electrons. The molecule has 0 saturated heterocycles. The summed E-state index contributed by atoms with van der Waals surface area (Å²) in [6.07, 6.45) is 0. The summed E-state index contributed by atoms with van der Waals surface area (Å²) in [6, 6.07) is -0.911. The molecule has 7 heteroatoms. The maximum Gasteiger partial charge on any atom is 0.235 e. The number of hydrogen-bond donors (Lipinski definition) is 2. The largest absolute Gasteiger partial charge is 0.821 e. The zero-order valence-corrected chi connectivity index (χ0v) is 8.52. The van der Waals surface area contributed by atoms with Crippen LogP contribution in [0.25, 0.3) is 0 Å². The van der Waals surface area contributed by atoms with E-state index in [0.717, 1.165) is 0 Å². The molecule has 0 aromatic carbocycles. The Kier molecular flexibility index (Phi) is 4.30. The Hall–Kier alpha value is 0. The van der Waals surface area contributed by atoms with Crippen LogP contribution in [-0.4, -0.2) is 11.9 Å². The molecule has 1 unspecified atom stereocenters. The first kappa shape index (κ1) is 12.0. The maximum atomic E-state index is 10.7. The SMILES string of the molecule is CC(C)C(NP([O-])([O-])=S)C(N)=O. The van der Waals surface area contributed by atoms with Gasteiger partial charge < -0.3 is 20.6 Å². The highest BCUT2D eigenvalue weighted by Gasteiger charge is 2.18. The molecule has 3 N–H and O–H groups in total. The molecule has 0 saturated carbocycles. The van der Waals surface area contributed by atoms with Crippen molar-refractivity contribution in [2.45, 2.75) is 19.9 Å². The molecule has 0 bridgehead atoms. The molecule has 0 rings (SSSR count). The number of nitrogens with two attached hydrogens (primary N) is 1. The maximum absolute atomic E-state index is 10.7. The summed E-state index contributed by atoms with van der Waals surface area (Å²) in [5.74, 6) is -0.918. The molecule has 0 aliphatic rings. The van der Waals surface area contributed by atoms with Crippen molar-refractivity contribution in [2.24, 2.45) is 11.7 Å². The van der Waals surface area contributed by atoms with E-state index in [-0.39, 0.29) is 5.92 Å². The van der Waals surface area contributed by atoms with Gasteiger partial charge in [-0.25, -0.2) is 0 Å². The van der Waals surface area contributed by atoms with Crippen molar-refractivity contribution in [3.05, 3.63) is 0 Å². The average molecular weight is 210 g/mol. The van der Waals surface area contributed by atoms with Crippen LogP contribution < -0.4 is 20.6 Å². The van der Waals surface area contributed by atoms with Crippen LogP contribution in [-0.2, 0) is 16.6 Å². The van der Waals surface area contributed by atoms with Crippen molar-refractivity contribution in [1.82, 2.24) is 5.09 Å². The minimum atomic E-state index is -4.05. The molecule has 5 nitrogen and oxygen atoms in total. The van der Waals surface area contributed by atoms with Crippen LogP contribution in [0.2, 0.25) is 0 Å². The zero-order chi connectivity index (χ0) is 9.94. The second kappa shape index (κ2) is 4.30. The molecular weight excluding hydrogens is 199 g/mol. The summed E-state index contributed by atoms with van der Waals surface area (Å²) in [5, 5.41) is 2.00. The van der Waals surface area contributed by atoms with E-state index in [9.17, 15) is 14.6 Å². The fraction of sp³-hybridized carbons (Fsp3) is 0.800. The highest BCUT2D eigenvalue weighted by atomic mass is 32.5. The lowest BCUT2D eigenvalue weighted by Gasteiger charge is -2.39. The summed E-state index contributed by atoms with van der Waals surface area (Å²) in [7, 11) is 0. The molecule has 0 aromatic heterocycles. The van der Waals surface area contributed by atoms with Crippen LogP contribution in [0.5, 0.6) is 0 Å². The van der Waals surface area contributed by atoms with Gasteiger partial charge in [0, 0.05) is 0 Å². The van der Waals surface area contributed by atoms with Crippen molar-refractivity contribution < 1.29 is 14.6 Å². The summed E-state index contributed by atoms with van der Waals surface area (Å²) in [6.45, 7) is -0.699. The molecule has 1 atom stereocenters. The first-order chi connectivity index (χ1) is 5.24. The van der Waals surface area contributed by atoms with E-state index in [1.54, 1.807) is 13.8 Å². The molecule has 0 fully saturated rings. The molecule has 0 spiro atoms. The lowest BCUT2D eigenvalue weighted by molar-refractivity contribution is -0.299. The van der Waals surface area contributed by atoms with Crippen LogP contribution >= 0.6 is 6.64 Å². The number of amides is 1. The molecule has 0 radical (unpaired) electrons. The van der Waals surface area contributed by atoms with Gasteiger partial charge in [0.1, 0.15) is 0 Å². The first-order valence-corrected chi connectivity index (χ1v) is 5.97. The van der Waals surface area contributed by atoms with Crippen LogP contribution in [0.3, 0.4) is 0 Å². The predicted molar refractivity (Wildman–Crippen MR) is 45.2 cm³/mol. The lowest BCUT2D eigenvalue weighted by atomic mass is 10.1. The molecule has 0 aliphatic heterocycles. The summed E-state index contributed by atoms with van der Waals surface area (Å²) >= 11 is 4.08. The van der Waals surface area contributed by atoms with Gasteiger partial charge in [-0.05, 0) is 5.92 Å². The van der Waals surface area contributed by atoms with Crippen molar-refractivity contribution in [2.75, 3.05) is 0 Å². The van der Waals surface area contributed by atoms with E-state index in [2.05, 4.69) is 11.8 Å². The molecule has 1 amide bonds. The third-order valence-corrected chi connectivity index (χ3v) is 2.18. The highest BCUT2D eigenvalue weighted by Crippen LogP contribution is 2.20. The summed E-state index contributed by atoms with van der Waals surface area (Å²) < 4.78 is 0. The second-order valence-corrected chi connectivity index (χ2v) is 5.45. The summed E-state index contributed by atoms with van der Waals surface area (Å²) in [5.41, 5.74) is 4.94. The Morgan fingerprint density at radius 2 is 2.00 bits per heavy atom. The Morgan fingerprint density at radius 1 is 1.58 bits per heavy atom. The standard InChI is InChI=1S/C5H13N2O3PS/c1-3(2)4(5(6)8)7-11(9,10)12/h3-4H,1-2H3,(H2,6,8)(H3,7,9,10,12)/p-2. The van der Waals surface area contributed by atoms with E-state index in [4.69, 9.17) is 5.73 Å². The van der Waals surface area contributed by atoms with Crippen molar-refractivity contribution in [3.8, 4) is 0 Å². The highest BCUT2D eigenvalue weighted by molar-refractivity contribution is 8.06. The number of carbonyl (C=O) groups excluding carboxylic acids is 1. The molecule has 0 aliphatic carbocycles. The van der Waals surface area contributed by atoms with Crippen molar-refractivity contribution >= 4 is 24.4 Å². The van der Waals surface area contributed by atoms with Crippen LogP contribution in [0.1, 0.15) is 13.8 Å². The number of hydrogen-bond acceptors (Lipinski definition) is 4. The average Bonchev–Trinajstić information content (AvgIpc) is 1.79. The topological polar surface area (TPSA) is 101 Å². The Bertz CT molecular complexity index is 215. The van der Waals surface area contributed by atoms with Gasteiger partial charge in [0.25, 0.3) is 0 Å². The fourth-order valence-electron chi connectivity index (χ4n) is 0.712. The molecule has 0 aromatic rings. The smallest absolute Gasteiger partial charge is 0.235 e. The Balaban J connectivity index is 4.35. The fourth-order valence-corrected chi connectivity index (χ4v) is 1.82. The van der Waals surface area contributed by atoms with Gasteiger partial charge in [-0.1, -0.05) is 13.8 Å². The first-order valence-electron chi connectivity index (χ1n) is 3.33. The van der Waals surface area contributed by atoms with Crippen molar-refractivity contribution in [3.63, 3.8) is 0 Å². The third-order valence-electron chi connectivity index (χ3n) is 1.27. The van der Waals surface area contributed by atoms with E-state index < -0.39 is 18.6 Å². The van der Waals surface area contributed by atoms with Gasteiger partial charge in [-0.3, -0.25) is 4.79 Å². The number of nitrogens with one attached hydrogen (secondary N) is 1. The van der Waals surface area contributed by atoms with E-state index in [0.29, 0.717) is 0 Å². The van der Waals surface area contributed by atoms with Crippen molar-refractivity contribution in [1.29, 1.82) is 0 Å². The van der Waals surface area contributed by atoms with E-state index >= 15 is 0 Å². The van der Waals surface area contributed by atoms with Gasteiger partial charge in [-0.15, -0.1) is 11.8 Å². The molecule has 0 heterocycles. The number of primary amides is 1. The Morgan fingerprint density at radius 3 is 2.08 bits per heavy atom. The van der Waals surface area contributed by atoms with Crippen LogP contribution in [0.15, 0.2) is 0 Å². The van der Waals surface area contributed by atoms with E-state index in [1.165, 1.54) is 0 Å². The quantitative estimate of drug-likeness (QED) is 0.524. The second-order valence-electron chi connectivity index (χ2n) is 2.75. The lowest BCUT2D eigenvalue weighted by Crippen LogP contribution is -2.47. The van der Waals surface area contributed by atoms with Gasteiger partial charge in [0.2, 0.25) is 5.91 Å². The van der Waals surface area contributed by atoms with Gasteiger partial charge in [0.15, 0.2) is 0 Å². The summed E-state index contributed by atoms with van der Waals surface area (Å²) in [4.78, 5) is 31.8. The number of rotatable bonds is 4. The minimum Gasteiger partial charge on any atom is -0.821 e.